The van der Waals surface area contributed by atoms with Crippen molar-refractivity contribution in [3.63, 3.8) is 0 Å². The fourth-order valence-electron chi connectivity index (χ4n) is 1.96. The quantitative estimate of drug-likeness (QED) is 0.631. The standard InChI is InChI=1S/C13H23N3O4/c1-3-9(2)15-11(17)4-5-14-13(20)16-7-10(8-16)6-12(18)19/h9-10H,3-8H2,1-2H3,(H,14,20)(H,15,17)(H,18,19). The van der Waals surface area contributed by atoms with Crippen molar-refractivity contribution in [1.82, 2.24) is 15.5 Å². The van der Waals surface area contributed by atoms with Crippen LogP contribution in [0.5, 0.6) is 0 Å². The second kappa shape index (κ2) is 7.72. The molecule has 7 nitrogen and oxygen atoms in total. The first kappa shape index (κ1) is 16.3. The van der Waals surface area contributed by atoms with Gasteiger partial charge in [0.15, 0.2) is 0 Å². The van der Waals surface area contributed by atoms with Crippen LogP contribution in [0.2, 0.25) is 0 Å². The van der Waals surface area contributed by atoms with Crippen LogP contribution >= 0.6 is 0 Å². The monoisotopic (exact) mass is 285 g/mol. The van der Waals surface area contributed by atoms with E-state index in [1.165, 1.54) is 0 Å². The van der Waals surface area contributed by atoms with Crippen LogP contribution in [0.15, 0.2) is 0 Å². The smallest absolute Gasteiger partial charge is 0.317 e. The van der Waals surface area contributed by atoms with E-state index in [1.54, 1.807) is 4.90 Å². The topological polar surface area (TPSA) is 98.7 Å². The van der Waals surface area contributed by atoms with E-state index in [0.717, 1.165) is 6.42 Å². The van der Waals surface area contributed by atoms with Gasteiger partial charge in [0.2, 0.25) is 5.91 Å². The number of hydrogen-bond donors (Lipinski definition) is 3. The highest BCUT2D eigenvalue weighted by atomic mass is 16.4. The molecule has 3 N–H and O–H groups in total. The maximum atomic E-state index is 11.7. The van der Waals surface area contributed by atoms with E-state index >= 15 is 0 Å². The highest BCUT2D eigenvalue weighted by Crippen LogP contribution is 2.18. The predicted molar refractivity (Wildman–Crippen MR) is 73.2 cm³/mol. The highest BCUT2D eigenvalue weighted by Gasteiger charge is 2.31. The van der Waals surface area contributed by atoms with E-state index in [9.17, 15) is 14.4 Å². The zero-order valence-electron chi connectivity index (χ0n) is 12.0. The first-order chi connectivity index (χ1) is 9.42. The lowest BCUT2D eigenvalue weighted by atomic mass is 9.97. The third-order valence-electron chi connectivity index (χ3n) is 3.36. The summed E-state index contributed by atoms with van der Waals surface area (Å²) in [5.74, 6) is -0.865. The lowest BCUT2D eigenvalue weighted by molar-refractivity contribution is -0.139. The molecule has 0 aromatic heterocycles. The molecule has 0 spiro atoms. The van der Waals surface area contributed by atoms with Crippen molar-refractivity contribution in [2.45, 2.75) is 39.2 Å². The van der Waals surface area contributed by atoms with Crippen molar-refractivity contribution in [1.29, 1.82) is 0 Å². The van der Waals surface area contributed by atoms with Gasteiger partial charge in [0, 0.05) is 38.0 Å². The van der Waals surface area contributed by atoms with Gasteiger partial charge < -0.3 is 20.6 Å². The van der Waals surface area contributed by atoms with E-state index in [-0.39, 0.29) is 36.7 Å². The lowest BCUT2D eigenvalue weighted by Crippen LogP contribution is -2.54. The number of amides is 3. The minimum atomic E-state index is -0.836. The minimum Gasteiger partial charge on any atom is -0.481 e. The molecule has 114 valence electrons. The van der Waals surface area contributed by atoms with Gasteiger partial charge in [0.25, 0.3) is 0 Å². The largest absolute Gasteiger partial charge is 0.481 e. The maximum Gasteiger partial charge on any atom is 0.317 e. The molecule has 7 heteroatoms. The third-order valence-corrected chi connectivity index (χ3v) is 3.36. The summed E-state index contributed by atoms with van der Waals surface area (Å²) in [6, 6.07) is -0.0895. The molecule has 0 aromatic carbocycles. The van der Waals surface area contributed by atoms with Gasteiger partial charge in [-0.15, -0.1) is 0 Å². The highest BCUT2D eigenvalue weighted by molar-refractivity contribution is 5.79. The second-order valence-electron chi connectivity index (χ2n) is 5.23. The summed E-state index contributed by atoms with van der Waals surface area (Å²) in [6.45, 7) is 5.15. The fourth-order valence-corrected chi connectivity index (χ4v) is 1.96. The summed E-state index contributed by atoms with van der Waals surface area (Å²) < 4.78 is 0. The van der Waals surface area contributed by atoms with Gasteiger partial charge in [0.05, 0.1) is 6.42 Å². The van der Waals surface area contributed by atoms with E-state index in [4.69, 9.17) is 5.11 Å². The molecule has 1 aliphatic heterocycles. The number of nitrogens with one attached hydrogen (secondary N) is 2. The molecule has 1 fully saturated rings. The SMILES string of the molecule is CCC(C)NC(=O)CCNC(=O)N1CC(CC(=O)O)C1. The molecule has 1 heterocycles. The lowest BCUT2D eigenvalue weighted by Gasteiger charge is -2.38. The van der Waals surface area contributed by atoms with E-state index in [1.807, 2.05) is 13.8 Å². The number of likely N-dealkylation sites (tertiary alicyclic amines) is 1. The normalized spacial score (nSPS) is 16.2. The van der Waals surface area contributed by atoms with Crippen molar-refractivity contribution >= 4 is 17.9 Å². The number of carboxylic acid groups (broad SMARTS) is 1. The molecule has 1 aliphatic rings. The van der Waals surface area contributed by atoms with Crippen molar-refractivity contribution in [2.24, 2.45) is 5.92 Å². The van der Waals surface area contributed by atoms with Crippen LogP contribution in [-0.2, 0) is 9.59 Å². The van der Waals surface area contributed by atoms with Gasteiger partial charge >= 0.3 is 12.0 Å². The van der Waals surface area contributed by atoms with Crippen LogP contribution in [0.1, 0.15) is 33.1 Å². The fraction of sp³-hybridized carbons (Fsp3) is 0.769. The summed E-state index contributed by atoms with van der Waals surface area (Å²) in [5.41, 5.74) is 0. The number of carbonyl (C=O) groups is 3. The van der Waals surface area contributed by atoms with Crippen LogP contribution < -0.4 is 10.6 Å². The van der Waals surface area contributed by atoms with Gasteiger partial charge in [-0.2, -0.15) is 0 Å². The number of hydrogen-bond acceptors (Lipinski definition) is 3. The third kappa shape index (κ3) is 5.46. The number of urea groups is 1. The van der Waals surface area contributed by atoms with Gasteiger partial charge in [-0.25, -0.2) is 4.79 Å². The summed E-state index contributed by atoms with van der Waals surface area (Å²) in [6.07, 6.45) is 1.22. The Morgan fingerprint density at radius 2 is 2.00 bits per heavy atom. The zero-order chi connectivity index (χ0) is 15.1. The van der Waals surface area contributed by atoms with E-state index in [2.05, 4.69) is 10.6 Å². The first-order valence-corrected chi connectivity index (χ1v) is 6.96. The van der Waals surface area contributed by atoms with Crippen LogP contribution in [0.25, 0.3) is 0 Å². The summed E-state index contributed by atoms with van der Waals surface area (Å²) in [4.78, 5) is 35.2. The molecule has 0 radical (unpaired) electrons. The van der Waals surface area contributed by atoms with Gasteiger partial charge in [-0.3, -0.25) is 9.59 Å². The molecule has 1 unspecified atom stereocenters. The molecule has 0 aromatic rings. The van der Waals surface area contributed by atoms with Crippen molar-refractivity contribution in [3.8, 4) is 0 Å². The van der Waals surface area contributed by atoms with Crippen LogP contribution in [0.3, 0.4) is 0 Å². The Bertz CT molecular complexity index is 367. The van der Waals surface area contributed by atoms with Crippen molar-refractivity contribution in [3.05, 3.63) is 0 Å². The molecule has 20 heavy (non-hydrogen) atoms. The number of aliphatic carboxylic acids is 1. The Morgan fingerprint density at radius 1 is 1.35 bits per heavy atom. The summed E-state index contributed by atoms with van der Waals surface area (Å²) in [5, 5.41) is 14.1. The molecule has 1 saturated heterocycles. The molecule has 0 saturated carbocycles. The van der Waals surface area contributed by atoms with Crippen LogP contribution in [0, 0.1) is 5.92 Å². The average molecular weight is 285 g/mol. The predicted octanol–water partition coefficient (Wildman–Crippen LogP) is 0.407. The van der Waals surface area contributed by atoms with E-state index in [0.29, 0.717) is 19.6 Å². The van der Waals surface area contributed by atoms with Crippen LogP contribution in [-0.4, -0.2) is 53.6 Å². The Morgan fingerprint density at radius 3 is 2.55 bits per heavy atom. The Kier molecular flexibility index (Phi) is 6.27. The average Bonchev–Trinajstić information content (AvgIpc) is 2.32. The summed E-state index contributed by atoms with van der Waals surface area (Å²) in [7, 11) is 0. The first-order valence-electron chi connectivity index (χ1n) is 6.96. The van der Waals surface area contributed by atoms with Gasteiger partial charge in [-0.1, -0.05) is 6.92 Å². The molecule has 3 amide bonds. The Labute approximate surface area is 118 Å². The number of rotatable bonds is 7. The molecule has 0 bridgehead atoms. The molecular weight excluding hydrogens is 262 g/mol. The maximum absolute atomic E-state index is 11.7. The van der Waals surface area contributed by atoms with Crippen LogP contribution in [0.4, 0.5) is 4.79 Å². The van der Waals surface area contributed by atoms with Gasteiger partial charge in [0.1, 0.15) is 0 Å². The number of carboxylic acids is 1. The zero-order valence-corrected chi connectivity index (χ0v) is 12.0. The number of nitrogens with zero attached hydrogens (tertiary/aromatic N) is 1. The molecule has 1 rings (SSSR count). The Hall–Kier alpha value is -1.79. The van der Waals surface area contributed by atoms with E-state index < -0.39 is 5.97 Å². The summed E-state index contributed by atoms with van der Waals surface area (Å²) >= 11 is 0. The minimum absolute atomic E-state index is 0.0481. The molecule has 0 aliphatic carbocycles. The molecule has 1 atom stereocenters. The van der Waals surface area contributed by atoms with Crippen molar-refractivity contribution < 1.29 is 19.5 Å². The van der Waals surface area contributed by atoms with Crippen molar-refractivity contribution in [2.75, 3.05) is 19.6 Å². The number of carbonyl (C=O) groups excluding carboxylic acids is 2. The molecular formula is C13H23N3O4. The Balaban J connectivity index is 2.10. The van der Waals surface area contributed by atoms with Gasteiger partial charge in [-0.05, 0) is 13.3 Å². The second-order valence-corrected chi connectivity index (χ2v) is 5.23.